The lowest BCUT2D eigenvalue weighted by molar-refractivity contribution is -0.209. The fourth-order valence-corrected chi connectivity index (χ4v) is 20.8. The molecule has 10 heteroatoms. The largest absolute Gasteiger partial charge is 0.456 e. The van der Waals surface area contributed by atoms with Crippen LogP contribution in [0.5, 0.6) is 0 Å². The van der Waals surface area contributed by atoms with Crippen LogP contribution < -0.4 is 0 Å². The second-order valence-corrected chi connectivity index (χ2v) is 33.0. The summed E-state index contributed by atoms with van der Waals surface area (Å²) in [5.74, 6) is 7.69. The molecular weight excluding hydrogens is 1130 g/mol. The fraction of sp³-hybridized carbons (Fsp3) is 0.815. The average Bonchev–Trinajstić information content (AvgIpc) is 1.27. The number of hydrogen-bond acceptors (Lipinski definition) is 10. The van der Waals surface area contributed by atoms with E-state index in [1.54, 1.807) is 34.6 Å². The molecule has 3 atom stereocenters. The molecule has 0 aromatic carbocycles. The Balaban J connectivity index is 0.000000181. The van der Waals surface area contributed by atoms with Crippen molar-refractivity contribution in [3.8, 4) is 0 Å². The van der Waals surface area contributed by atoms with Gasteiger partial charge in [-0.15, -0.1) is 0 Å². The third-order valence-corrected chi connectivity index (χ3v) is 25.7. The summed E-state index contributed by atoms with van der Waals surface area (Å²) in [7, 11) is 0. The molecule has 3 unspecified atom stereocenters. The number of fused-ring (bicyclic) bond motifs is 2. The van der Waals surface area contributed by atoms with E-state index in [9.17, 15) is 24.0 Å². The molecule has 0 N–H and O–H groups in total. The normalized spacial score (nSPS) is 29.6. The highest BCUT2D eigenvalue weighted by Gasteiger charge is 2.62. The van der Waals surface area contributed by atoms with E-state index in [1.165, 1.54) is 167 Å². The van der Waals surface area contributed by atoms with E-state index in [0.29, 0.717) is 39.7 Å². The number of hydrogen-bond donors (Lipinski definition) is 0. The smallest absolute Gasteiger partial charge is 0.333 e. The van der Waals surface area contributed by atoms with Crippen molar-refractivity contribution in [2.75, 3.05) is 0 Å². The van der Waals surface area contributed by atoms with Crippen molar-refractivity contribution in [2.45, 2.75) is 344 Å². The predicted molar refractivity (Wildman–Crippen MR) is 371 cm³/mol. The molecule has 0 saturated heterocycles. The second-order valence-electron chi connectivity index (χ2n) is 33.0. The van der Waals surface area contributed by atoms with Crippen LogP contribution in [0.1, 0.15) is 316 Å². The lowest BCUT2D eigenvalue weighted by Crippen LogP contribution is -2.59. The molecule has 0 aromatic rings. The van der Waals surface area contributed by atoms with Crippen molar-refractivity contribution in [2.24, 2.45) is 75.9 Å². The van der Waals surface area contributed by atoms with E-state index in [4.69, 9.17) is 23.7 Å². The molecule has 0 radical (unpaired) electrons. The molecule has 0 aliphatic heterocycles. The molecule has 12 saturated carbocycles. The molecule has 0 amide bonds. The number of carbonyl (C=O) groups excluding carboxylic acids is 5. The summed E-state index contributed by atoms with van der Waals surface area (Å²) in [4.78, 5) is 59.4. The van der Waals surface area contributed by atoms with Gasteiger partial charge in [-0.05, 0) is 276 Å². The molecular formula is C81H132O10. The van der Waals surface area contributed by atoms with Crippen LogP contribution in [-0.2, 0) is 47.7 Å². The fourth-order valence-electron chi connectivity index (χ4n) is 20.8. The van der Waals surface area contributed by atoms with Crippen LogP contribution >= 0.6 is 0 Å². The van der Waals surface area contributed by atoms with E-state index >= 15 is 0 Å². The SMILES string of the molecule is C=C(C)C(=O)OC(C)(C)C12CC3CC(CC(C3)C1)C2.C=C(C)C(=O)OC(C)(C)C1CC2CCC1C2.C=C(C)C(=O)OC(CC)(CC)C12CC3CC(CC(C3)C1)C2.C=C(C)C(=O)OC(CC)(CC)C1CCCCC1.C=C(C)C(=O)OC(CC)(CC)CC1CCCCC1. The van der Waals surface area contributed by atoms with E-state index in [1.807, 2.05) is 0 Å². The summed E-state index contributed by atoms with van der Waals surface area (Å²) >= 11 is 0. The zero-order chi connectivity index (χ0) is 67.5. The van der Waals surface area contributed by atoms with Gasteiger partial charge < -0.3 is 23.7 Å². The Labute approximate surface area is 555 Å². The van der Waals surface area contributed by atoms with Gasteiger partial charge in [-0.3, -0.25) is 0 Å². The average molecular weight is 1270 g/mol. The van der Waals surface area contributed by atoms with Gasteiger partial charge in [-0.25, -0.2) is 24.0 Å². The topological polar surface area (TPSA) is 132 Å². The van der Waals surface area contributed by atoms with Gasteiger partial charge in [-0.1, -0.05) is 132 Å². The lowest BCUT2D eigenvalue weighted by Gasteiger charge is -2.63. The van der Waals surface area contributed by atoms with Crippen molar-refractivity contribution in [1.29, 1.82) is 0 Å². The predicted octanol–water partition coefficient (Wildman–Crippen LogP) is 21.2. The lowest BCUT2D eigenvalue weighted by atomic mass is 9.44. The third-order valence-electron chi connectivity index (χ3n) is 25.7. The standard InChI is InChI=1S/C19H30O2.C17H26O2.C16H28O2.C15H26O2.C14H22O2/c1-5-19(6-2,21-17(20)13(3)4)18-10-14-7-15(11-18)9-16(8-14)12-18;1-11(2)15(18)19-16(3,4)17-8-12-5-13(9-17)7-14(6-12)10-17;1-5-16(6-2,18-15(17)13(3)4)12-14-10-8-7-9-11-14;1-5-15(6-2,17-14(16)12(3)4)13-10-8-7-9-11-13;1-9(2)13(15)16-14(3,4)12-8-10-5-6-11(12)7-10/h14-16H,3,5-12H2,1-2,4H3;12-14H,1,5-10H2,2-4H3;14H,3,5-12H2,1-2,4H3;13H,3,5-11H2,1-2,4H3;10-12H,1,5-8H2,2-4H3. The monoisotopic (exact) mass is 1260 g/mol. The maximum absolute atomic E-state index is 12.2. The Bertz CT molecular complexity index is 2460. The van der Waals surface area contributed by atoms with Crippen molar-refractivity contribution in [1.82, 2.24) is 0 Å². The van der Waals surface area contributed by atoms with Crippen LogP contribution in [-0.4, -0.2) is 57.9 Å². The van der Waals surface area contributed by atoms with Gasteiger partial charge in [0, 0.05) is 44.6 Å². The molecule has 12 aliphatic rings. The van der Waals surface area contributed by atoms with E-state index in [2.05, 4.69) is 102 Å². The summed E-state index contributed by atoms with van der Waals surface area (Å²) < 4.78 is 29.1. The third kappa shape index (κ3) is 18.5. The van der Waals surface area contributed by atoms with Crippen LogP contribution in [0.25, 0.3) is 0 Å². The quantitative estimate of drug-likeness (QED) is 0.0586. The molecule has 12 fully saturated rings. The minimum Gasteiger partial charge on any atom is -0.456 e. The van der Waals surface area contributed by atoms with Gasteiger partial charge >= 0.3 is 29.8 Å². The Morgan fingerprint density at radius 2 is 0.758 bits per heavy atom. The highest BCUT2D eigenvalue weighted by atomic mass is 16.6. The molecule has 12 rings (SSSR count). The number of ether oxygens (including phenoxy) is 5. The first-order chi connectivity index (χ1) is 42.7. The molecule has 0 spiro atoms. The molecule has 12 aliphatic carbocycles. The van der Waals surface area contributed by atoms with Gasteiger partial charge in [0.2, 0.25) is 0 Å². The number of carbonyl (C=O) groups is 5. The van der Waals surface area contributed by atoms with Gasteiger partial charge in [0.25, 0.3) is 0 Å². The molecule has 10 bridgehead atoms. The van der Waals surface area contributed by atoms with Gasteiger partial charge in [0.15, 0.2) is 0 Å². The first-order valence-electron chi connectivity index (χ1n) is 37.2. The first kappa shape index (κ1) is 76.1. The minimum atomic E-state index is -0.348. The number of rotatable bonds is 22. The van der Waals surface area contributed by atoms with Crippen LogP contribution in [0, 0.1) is 75.9 Å². The molecule has 516 valence electrons. The van der Waals surface area contributed by atoms with Gasteiger partial charge in [0.1, 0.15) is 28.0 Å². The van der Waals surface area contributed by atoms with Gasteiger partial charge in [0.05, 0.1) is 0 Å². The Hall–Kier alpha value is -3.95. The zero-order valence-corrected chi connectivity index (χ0v) is 60.8. The highest BCUT2D eigenvalue weighted by Crippen LogP contribution is 2.67. The summed E-state index contributed by atoms with van der Waals surface area (Å²) in [5, 5.41) is 0. The Morgan fingerprint density at radius 1 is 0.385 bits per heavy atom. The summed E-state index contributed by atoms with van der Waals surface area (Å²) in [6, 6.07) is 0. The zero-order valence-electron chi connectivity index (χ0n) is 60.8. The van der Waals surface area contributed by atoms with Crippen molar-refractivity contribution in [3.63, 3.8) is 0 Å². The van der Waals surface area contributed by atoms with Crippen LogP contribution in [0.15, 0.2) is 60.8 Å². The van der Waals surface area contributed by atoms with Crippen LogP contribution in [0.2, 0.25) is 0 Å². The van der Waals surface area contributed by atoms with Crippen LogP contribution in [0.4, 0.5) is 0 Å². The Kier molecular flexibility index (Phi) is 26.9. The molecule has 91 heavy (non-hydrogen) atoms. The van der Waals surface area contributed by atoms with Crippen molar-refractivity contribution in [3.05, 3.63) is 60.8 Å². The van der Waals surface area contributed by atoms with E-state index in [0.717, 1.165) is 98.2 Å². The van der Waals surface area contributed by atoms with Crippen LogP contribution in [0.3, 0.4) is 0 Å². The minimum absolute atomic E-state index is 0.186. The van der Waals surface area contributed by atoms with Crippen molar-refractivity contribution >= 4 is 29.8 Å². The highest BCUT2D eigenvalue weighted by molar-refractivity contribution is 5.89. The van der Waals surface area contributed by atoms with E-state index < -0.39 is 0 Å². The Morgan fingerprint density at radius 3 is 1.12 bits per heavy atom. The maximum atomic E-state index is 12.2. The summed E-state index contributed by atoms with van der Waals surface area (Å²) in [5.41, 5.74) is 1.57. The summed E-state index contributed by atoms with van der Waals surface area (Å²) in [6.45, 7) is 48.4. The second kappa shape index (κ2) is 32.2. The van der Waals surface area contributed by atoms with E-state index in [-0.39, 0.29) is 68.7 Å². The summed E-state index contributed by atoms with van der Waals surface area (Å²) in [6.07, 6.45) is 40.9. The molecule has 0 aromatic heterocycles. The molecule has 0 heterocycles. The molecule has 10 nitrogen and oxygen atoms in total. The van der Waals surface area contributed by atoms with Gasteiger partial charge in [-0.2, -0.15) is 0 Å². The number of esters is 5. The van der Waals surface area contributed by atoms with Crippen molar-refractivity contribution < 1.29 is 47.7 Å². The maximum Gasteiger partial charge on any atom is 0.333 e. The first-order valence-corrected chi connectivity index (χ1v) is 37.2.